The van der Waals surface area contributed by atoms with Crippen LogP contribution in [0.5, 0.6) is 0 Å². The maximum absolute atomic E-state index is 12.5. The number of carbonyl (C=O) groups excluding carboxylic acids is 1. The molecular weight excluding hydrogens is 266 g/mol. The van der Waals surface area contributed by atoms with Gasteiger partial charge in [0.2, 0.25) is 0 Å². The van der Waals surface area contributed by atoms with Gasteiger partial charge in [-0.25, -0.2) is 4.79 Å². The van der Waals surface area contributed by atoms with Crippen LogP contribution in [-0.2, 0) is 19.8 Å². The van der Waals surface area contributed by atoms with Gasteiger partial charge in [-0.2, -0.15) is 0 Å². The maximum atomic E-state index is 12.5. The molecule has 0 aliphatic heterocycles. The van der Waals surface area contributed by atoms with Crippen LogP contribution in [0.25, 0.3) is 0 Å². The van der Waals surface area contributed by atoms with E-state index in [9.17, 15) is 4.79 Å². The van der Waals surface area contributed by atoms with Crippen LogP contribution in [0.1, 0.15) is 39.7 Å². The second-order valence-corrected chi connectivity index (χ2v) is 6.09. The molecule has 1 unspecified atom stereocenters. The van der Waals surface area contributed by atoms with E-state index >= 15 is 0 Å². The van der Waals surface area contributed by atoms with Crippen LogP contribution < -0.4 is 5.32 Å². The fourth-order valence-electron chi connectivity index (χ4n) is 2.05. The van der Waals surface area contributed by atoms with Crippen molar-refractivity contribution in [3.63, 3.8) is 0 Å². The van der Waals surface area contributed by atoms with Gasteiger partial charge in [-0.05, 0) is 39.3 Å². The summed E-state index contributed by atoms with van der Waals surface area (Å²) in [4.78, 5) is 12.5. The lowest BCUT2D eigenvalue weighted by molar-refractivity contribution is -0.155. The molecule has 0 fully saturated rings. The van der Waals surface area contributed by atoms with Crippen LogP contribution >= 0.6 is 0 Å². The average Bonchev–Trinajstić information content (AvgIpc) is 2.47. The zero-order valence-electron chi connectivity index (χ0n) is 13.7. The number of methoxy groups -OCH3 is 1. The molecule has 0 spiro atoms. The summed E-state index contributed by atoms with van der Waals surface area (Å²) in [5.74, 6) is -0.327. The molecule has 0 saturated carbocycles. The molecule has 0 heterocycles. The molecule has 4 nitrogen and oxygen atoms in total. The Morgan fingerprint density at radius 2 is 1.81 bits per heavy atom. The number of esters is 1. The number of nitrogens with one attached hydrogen (secondary N) is 1. The Labute approximate surface area is 127 Å². The first kappa shape index (κ1) is 17.7. The van der Waals surface area contributed by atoms with Crippen LogP contribution in [0.2, 0.25) is 0 Å². The van der Waals surface area contributed by atoms with Crippen LogP contribution in [0.4, 0.5) is 0 Å². The van der Waals surface area contributed by atoms with E-state index in [1.807, 2.05) is 51.1 Å². The van der Waals surface area contributed by atoms with E-state index in [0.29, 0.717) is 6.54 Å². The fourth-order valence-corrected chi connectivity index (χ4v) is 2.05. The maximum Gasteiger partial charge on any atom is 0.333 e. The van der Waals surface area contributed by atoms with E-state index in [0.717, 1.165) is 12.0 Å². The lowest BCUT2D eigenvalue weighted by Crippen LogP contribution is -2.54. The third kappa shape index (κ3) is 4.83. The van der Waals surface area contributed by atoms with Crippen LogP contribution in [0, 0.1) is 0 Å². The molecule has 0 radical (unpaired) electrons. The molecule has 0 bridgehead atoms. The summed E-state index contributed by atoms with van der Waals surface area (Å²) in [5.41, 5.74) is -0.448. The van der Waals surface area contributed by atoms with Gasteiger partial charge in [-0.15, -0.1) is 0 Å². The molecule has 21 heavy (non-hydrogen) atoms. The minimum absolute atomic E-state index is 0.229. The fraction of sp³-hybridized carbons (Fsp3) is 0.588. The first-order valence-electron chi connectivity index (χ1n) is 7.38. The highest BCUT2D eigenvalue weighted by atomic mass is 16.5. The Bertz CT molecular complexity index is 439. The number of benzene rings is 1. The summed E-state index contributed by atoms with van der Waals surface area (Å²) < 4.78 is 11.0. The van der Waals surface area contributed by atoms with Crippen molar-refractivity contribution in [3.05, 3.63) is 35.9 Å². The monoisotopic (exact) mass is 293 g/mol. The van der Waals surface area contributed by atoms with Gasteiger partial charge in [0.15, 0.2) is 5.54 Å². The third-order valence-corrected chi connectivity index (χ3v) is 3.20. The Morgan fingerprint density at radius 1 is 1.19 bits per heavy atom. The topological polar surface area (TPSA) is 47.6 Å². The highest BCUT2D eigenvalue weighted by molar-refractivity contribution is 5.82. The SMILES string of the molecule is CCCNC(COC(C)(C)C)(C(=O)OC)c1ccccc1. The quantitative estimate of drug-likeness (QED) is 0.785. The van der Waals surface area contributed by atoms with E-state index in [-0.39, 0.29) is 18.2 Å². The van der Waals surface area contributed by atoms with Gasteiger partial charge in [0.25, 0.3) is 0 Å². The number of carbonyl (C=O) groups is 1. The number of hydrogen-bond donors (Lipinski definition) is 1. The van der Waals surface area contributed by atoms with E-state index in [1.54, 1.807) is 0 Å². The molecule has 0 amide bonds. The van der Waals surface area contributed by atoms with Crippen molar-refractivity contribution in [2.24, 2.45) is 0 Å². The molecule has 1 atom stereocenters. The van der Waals surface area contributed by atoms with Crippen molar-refractivity contribution in [1.82, 2.24) is 5.32 Å². The molecule has 0 aromatic heterocycles. The van der Waals surface area contributed by atoms with Gasteiger partial charge in [0.05, 0.1) is 19.3 Å². The van der Waals surface area contributed by atoms with E-state index < -0.39 is 5.54 Å². The van der Waals surface area contributed by atoms with Crippen LogP contribution in [-0.4, -0.2) is 31.8 Å². The predicted molar refractivity (Wildman–Crippen MR) is 84.1 cm³/mol. The summed E-state index contributed by atoms with van der Waals surface area (Å²) in [6.07, 6.45) is 0.918. The molecule has 1 N–H and O–H groups in total. The lowest BCUT2D eigenvalue weighted by atomic mass is 9.90. The van der Waals surface area contributed by atoms with Crippen LogP contribution in [0.3, 0.4) is 0 Å². The van der Waals surface area contributed by atoms with Crippen LogP contribution in [0.15, 0.2) is 30.3 Å². The Hall–Kier alpha value is -1.39. The van der Waals surface area contributed by atoms with E-state index in [1.165, 1.54) is 7.11 Å². The minimum atomic E-state index is -0.973. The third-order valence-electron chi connectivity index (χ3n) is 3.20. The highest BCUT2D eigenvalue weighted by Gasteiger charge is 2.42. The molecular formula is C17H27NO3. The number of hydrogen-bond acceptors (Lipinski definition) is 4. The van der Waals surface area contributed by atoms with Crippen molar-refractivity contribution in [2.75, 3.05) is 20.3 Å². The molecule has 4 heteroatoms. The second kappa shape index (κ2) is 7.57. The normalized spacial score (nSPS) is 14.5. The molecule has 1 aromatic rings. The van der Waals surface area contributed by atoms with Gasteiger partial charge in [0, 0.05) is 0 Å². The summed E-state index contributed by atoms with van der Waals surface area (Å²) >= 11 is 0. The summed E-state index contributed by atoms with van der Waals surface area (Å²) in [5, 5.41) is 3.32. The van der Waals surface area contributed by atoms with Crippen molar-refractivity contribution < 1.29 is 14.3 Å². The Kier molecular flexibility index (Phi) is 6.37. The molecule has 0 aliphatic carbocycles. The molecule has 118 valence electrons. The van der Waals surface area contributed by atoms with Gasteiger partial charge >= 0.3 is 5.97 Å². The van der Waals surface area contributed by atoms with E-state index in [4.69, 9.17) is 9.47 Å². The first-order valence-corrected chi connectivity index (χ1v) is 7.38. The zero-order chi connectivity index (χ0) is 15.9. The van der Waals surface area contributed by atoms with Gasteiger partial charge in [-0.1, -0.05) is 37.3 Å². The standard InChI is InChI=1S/C17H27NO3/c1-6-12-18-17(15(19)20-5,13-21-16(2,3)4)14-10-8-7-9-11-14/h7-11,18H,6,12-13H2,1-5H3. The summed E-state index contributed by atoms with van der Waals surface area (Å²) in [6.45, 7) is 8.91. The van der Waals surface area contributed by atoms with E-state index in [2.05, 4.69) is 12.2 Å². The van der Waals surface area contributed by atoms with Crippen molar-refractivity contribution in [3.8, 4) is 0 Å². The van der Waals surface area contributed by atoms with Gasteiger partial charge in [-0.3, -0.25) is 5.32 Å². The minimum Gasteiger partial charge on any atom is -0.467 e. The van der Waals surface area contributed by atoms with Gasteiger partial charge in [0.1, 0.15) is 0 Å². The number of ether oxygens (including phenoxy) is 2. The number of rotatable bonds is 7. The second-order valence-electron chi connectivity index (χ2n) is 6.09. The highest BCUT2D eigenvalue weighted by Crippen LogP contribution is 2.26. The van der Waals surface area contributed by atoms with Crippen molar-refractivity contribution in [1.29, 1.82) is 0 Å². The molecule has 0 saturated heterocycles. The van der Waals surface area contributed by atoms with Crippen molar-refractivity contribution in [2.45, 2.75) is 45.3 Å². The van der Waals surface area contributed by atoms with Crippen molar-refractivity contribution >= 4 is 5.97 Å². The molecule has 0 aliphatic rings. The Balaban J connectivity index is 3.18. The average molecular weight is 293 g/mol. The first-order chi connectivity index (χ1) is 9.85. The Morgan fingerprint density at radius 3 is 2.29 bits per heavy atom. The summed E-state index contributed by atoms with van der Waals surface area (Å²) in [6, 6.07) is 9.60. The zero-order valence-corrected chi connectivity index (χ0v) is 13.7. The lowest BCUT2D eigenvalue weighted by Gasteiger charge is -2.35. The summed E-state index contributed by atoms with van der Waals surface area (Å²) in [7, 11) is 1.41. The predicted octanol–water partition coefficient (Wildman–Crippen LogP) is 2.87. The molecule has 1 aromatic carbocycles. The molecule has 1 rings (SSSR count). The van der Waals surface area contributed by atoms with Gasteiger partial charge < -0.3 is 9.47 Å². The largest absolute Gasteiger partial charge is 0.467 e. The smallest absolute Gasteiger partial charge is 0.333 e.